The maximum absolute atomic E-state index is 11.3. The molecule has 0 aliphatic heterocycles. The van der Waals surface area contributed by atoms with Gasteiger partial charge in [0.25, 0.3) is 11.6 Å². The van der Waals surface area contributed by atoms with Gasteiger partial charge in [-0.25, -0.2) is 0 Å². The van der Waals surface area contributed by atoms with Crippen LogP contribution in [-0.4, -0.2) is 16.0 Å². The van der Waals surface area contributed by atoms with Crippen LogP contribution in [0, 0.1) is 10.1 Å². The zero-order valence-corrected chi connectivity index (χ0v) is 8.71. The topological polar surface area (TPSA) is 72.6 Å². The third-order valence-electron chi connectivity index (χ3n) is 1.55. The lowest BCUT2D eigenvalue weighted by Gasteiger charge is -1.99. The van der Waals surface area contributed by atoms with Crippen molar-refractivity contribution in [3.63, 3.8) is 0 Å². The summed E-state index contributed by atoms with van der Waals surface area (Å²) in [6.45, 7) is 0. The summed E-state index contributed by atoms with van der Waals surface area (Å²) in [7, 11) is 0. The van der Waals surface area contributed by atoms with Crippen LogP contribution in [0.5, 0.6) is 0 Å². The van der Waals surface area contributed by atoms with Gasteiger partial charge in [0.2, 0.25) is 0 Å². The predicted octanol–water partition coefficient (Wildman–Crippen LogP) is 2.49. The molecule has 1 rings (SSSR count). The average Bonchev–Trinajstić information content (AvgIpc) is 2.17. The van der Waals surface area contributed by atoms with Crippen molar-refractivity contribution in [1.29, 1.82) is 0 Å². The van der Waals surface area contributed by atoms with Crippen LogP contribution in [0.2, 0.25) is 5.02 Å². The highest BCUT2D eigenvalue weighted by Gasteiger charge is 2.22. The van der Waals surface area contributed by atoms with Gasteiger partial charge in [-0.1, -0.05) is 17.7 Å². The lowest BCUT2D eigenvalue weighted by molar-refractivity contribution is -0.385. The molecule has 0 fully saturated rings. The summed E-state index contributed by atoms with van der Waals surface area (Å²) in [4.78, 5) is 24.3. The van der Waals surface area contributed by atoms with Gasteiger partial charge in [-0.15, -0.1) is 0 Å². The van der Waals surface area contributed by atoms with E-state index in [-0.39, 0.29) is 10.6 Å². The van der Waals surface area contributed by atoms with E-state index in [0.717, 1.165) is 6.07 Å². The fourth-order valence-electron chi connectivity index (χ4n) is 0.974. The maximum Gasteiger partial charge on any atom is 0.294 e. The minimum absolute atomic E-state index is 0.0387. The molecule has 15 heavy (non-hydrogen) atoms. The Labute approximate surface area is 94.5 Å². The molecular weight excluding hydrogens is 240 g/mol. The van der Waals surface area contributed by atoms with Crippen molar-refractivity contribution in [2.75, 3.05) is 0 Å². The van der Waals surface area contributed by atoms with Crippen molar-refractivity contribution in [2.24, 2.45) is 4.99 Å². The fourth-order valence-corrected chi connectivity index (χ4v) is 1.31. The molecule has 0 unspecified atom stereocenters. The summed E-state index contributed by atoms with van der Waals surface area (Å²) in [6, 6.07) is 3.90. The number of nitro groups is 1. The summed E-state index contributed by atoms with van der Waals surface area (Å²) in [6.07, 6.45) is 0. The van der Waals surface area contributed by atoms with E-state index >= 15 is 0 Å². The van der Waals surface area contributed by atoms with Crippen molar-refractivity contribution >= 4 is 40.6 Å². The number of benzene rings is 1. The lowest BCUT2D eigenvalue weighted by Crippen LogP contribution is -2.02. The largest absolute Gasteiger partial charge is 0.294 e. The monoisotopic (exact) mass is 242 g/mol. The average molecular weight is 243 g/mol. The minimum Gasteiger partial charge on any atom is -0.266 e. The molecule has 0 saturated carbocycles. The molecule has 0 radical (unpaired) electrons. The Hall–Kier alpha value is -1.62. The van der Waals surface area contributed by atoms with Gasteiger partial charge in [-0.3, -0.25) is 14.9 Å². The first kappa shape index (κ1) is 11.5. The Morgan fingerprint density at radius 2 is 2.27 bits per heavy atom. The van der Waals surface area contributed by atoms with Crippen LogP contribution in [0.15, 0.2) is 23.2 Å². The number of hydrogen-bond acceptors (Lipinski definition) is 4. The van der Waals surface area contributed by atoms with Crippen LogP contribution < -0.4 is 0 Å². The van der Waals surface area contributed by atoms with Gasteiger partial charge < -0.3 is 0 Å². The number of rotatable bonds is 2. The number of nitrogens with zero attached hydrogens (tertiary/aromatic N) is 2. The number of hydrogen-bond donors (Lipinski definition) is 0. The van der Waals surface area contributed by atoms with Gasteiger partial charge >= 0.3 is 0 Å². The quantitative estimate of drug-likeness (QED) is 0.346. The zero-order valence-electron chi connectivity index (χ0n) is 7.14. The van der Waals surface area contributed by atoms with Gasteiger partial charge in [0.05, 0.1) is 15.1 Å². The molecule has 1 aromatic carbocycles. The summed E-state index contributed by atoms with van der Waals surface area (Å²) < 4.78 is 0. The highest BCUT2D eigenvalue weighted by Crippen LogP contribution is 2.26. The molecular formula is C8H3ClN2O3S. The van der Waals surface area contributed by atoms with Crippen LogP contribution in [0.4, 0.5) is 5.69 Å². The smallest absolute Gasteiger partial charge is 0.266 e. The number of aliphatic imine (C=N–C) groups is 1. The third kappa shape index (κ3) is 2.44. The summed E-state index contributed by atoms with van der Waals surface area (Å²) in [5.74, 6) is -0.873. The highest BCUT2D eigenvalue weighted by atomic mass is 35.5. The number of halogens is 1. The normalized spacial score (nSPS) is 9.13. The van der Waals surface area contributed by atoms with E-state index in [2.05, 4.69) is 17.2 Å². The van der Waals surface area contributed by atoms with Crippen molar-refractivity contribution in [3.8, 4) is 0 Å². The molecule has 0 aliphatic rings. The number of amides is 1. The van der Waals surface area contributed by atoms with Crippen molar-refractivity contribution in [1.82, 2.24) is 0 Å². The molecule has 0 atom stereocenters. The number of thiocarbonyl (C=S) groups is 1. The van der Waals surface area contributed by atoms with Crippen LogP contribution in [0.25, 0.3) is 0 Å². The van der Waals surface area contributed by atoms with Crippen molar-refractivity contribution < 1.29 is 9.72 Å². The molecule has 0 spiro atoms. The van der Waals surface area contributed by atoms with Crippen molar-refractivity contribution in [2.45, 2.75) is 0 Å². The number of carbonyl (C=O) groups excluding carboxylic acids is 1. The number of isothiocyanates is 1. The standard InChI is InChI=1S/C8H3ClN2O3S/c9-5-2-1-3-6(11(13)14)7(5)8(12)10-4-15/h1-3H. The predicted molar refractivity (Wildman–Crippen MR) is 57.5 cm³/mol. The van der Waals surface area contributed by atoms with E-state index < -0.39 is 16.5 Å². The molecule has 1 amide bonds. The van der Waals surface area contributed by atoms with E-state index in [4.69, 9.17) is 11.6 Å². The van der Waals surface area contributed by atoms with Crippen LogP contribution >= 0.6 is 23.8 Å². The number of nitro benzene ring substituents is 1. The zero-order chi connectivity index (χ0) is 11.4. The molecule has 0 aromatic heterocycles. The fraction of sp³-hybridized carbons (Fsp3) is 0. The van der Waals surface area contributed by atoms with Gasteiger partial charge in [0.1, 0.15) is 5.56 Å². The second kappa shape index (κ2) is 4.75. The molecule has 1 aromatic rings. The molecule has 0 N–H and O–H groups in total. The summed E-state index contributed by atoms with van der Waals surface area (Å²) >= 11 is 9.89. The first-order valence-corrected chi connectivity index (χ1v) is 4.41. The molecule has 0 heterocycles. The summed E-state index contributed by atoms with van der Waals surface area (Å²) in [5, 5.41) is 12.4. The first-order valence-electron chi connectivity index (χ1n) is 3.63. The van der Waals surface area contributed by atoms with Gasteiger partial charge in [0, 0.05) is 6.07 Å². The molecule has 0 bridgehead atoms. The Morgan fingerprint density at radius 1 is 1.60 bits per heavy atom. The van der Waals surface area contributed by atoms with E-state index in [1.807, 2.05) is 5.16 Å². The van der Waals surface area contributed by atoms with Crippen LogP contribution in [0.1, 0.15) is 10.4 Å². The Morgan fingerprint density at radius 3 is 2.80 bits per heavy atom. The van der Waals surface area contributed by atoms with Crippen LogP contribution in [-0.2, 0) is 0 Å². The second-order valence-electron chi connectivity index (χ2n) is 2.40. The molecule has 7 heteroatoms. The van der Waals surface area contributed by atoms with Crippen molar-refractivity contribution in [3.05, 3.63) is 38.9 Å². The van der Waals surface area contributed by atoms with Gasteiger partial charge in [-0.05, 0) is 18.3 Å². The minimum atomic E-state index is -0.873. The Balaban J connectivity index is 3.43. The van der Waals surface area contributed by atoms with E-state index in [0.29, 0.717) is 0 Å². The maximum atomic E-state index is 11.3. The van der Waals surface area contributed by atoms with Gasteiger partial charge in [-0.2, -0.15) is 4.99 Å². The van der Waals surface area contributed by atoms with Crippen LogP contribution in [0.3, 0.4) is 0 Å². The van der Waals surface area contributed by atoms with Gasteiger partial charge in [0.15, 0.2) is 0 Å². The van der Waals surface area contributed by atoms with E-state index in [1.54, 1.807) is 0 Å². The first-order chi connectivity index (χ1) is 7.07. The molecule has 5 nitrogen and oxygen atoms in total. The lowest BCUT2D eigenvalue weighted by atomic mass is 10.1. The molecule has 0 saturated heterocycles. The second-order valence-corrected chi connectivity index (χ2v) is 2.99. The Kier molecular flexibility index (Phi) is 3.62. The third-order valence-corrected chi connectivity index (χ3v) is 1.96. The highest BCUT2D eigenvalue weighted by molar-refractivity contribution is 7.78. The van der Waals surface area contributed by atoms with E-state index in [1.165, 1.54) is 12.1 Å². The molecule has 76 valence electrons. The summed E-state index contributed by atoms with van der Waals surface area (Å²) in [5.41, 5.74) is -0.678. The number of carbonyl (C=O) groups is 1. The Bertz CT molecular complexity index is 483. The molecule has 0 aliphatic carbocycles. The van der Waals surface area contributed by atoms with E-state index in [9.17, 15) is 14.9 Å². The SMILES string of the molecule is O=C(N=C=S)c1c(Cl)cccc1[N+](=O)[O-].